The van der Waals surface area contributed by atoms with Gasteiger partial charge in [0.25, 0.3) is 0 Å². The Balaban J connectivity index is 2.06. The molecular formula is C15H26N2O5. The molecule has 1 saturated heterocycles. The molecule has 0 aliphatic carbocycles. The Bertz CT molecular complexity index is 498. The molecule has 0 spiro atoms. The average Bonchev–Trinajstić information content (AvgIpc) is 2.81. The van der Waals surface area contributed by atoms with E-state index >= 15 is 0 Å². The Morgan fingerprint density at radius 3 is 2.36 bits per heavy atom. The van der Waals surface area contributed by atoms with E-state index in [1.807, 2.05) is 13.8 Å². The molecule has 7 heteroatoms. The van der Waals surface area contributed by atoms with Gasteiger partial charge in [-0.2, -0.15) is 5.06 Å². The molecule has 126 valence electrons. The first-order valence-electron chi connectivity index (χ1n) is 7.36. The summed E-state index contributed by atoms with van der Waals surface area (Å²) in [6, 6.07) is 0. The average molecular weight is 314 g/mol. The van der Waals surface area contributed by atoms with Gasteiger partial charge in [-0.05, 0) is 47.6 Å². The van der Waals surface area contributed by atoms with Crippen molar-refractivity contribution >= 4 is 6.09 Å². The number of likely N-dealkylation sites (N-methyl/N-ethyl adjacent to an activating group) is 1. The highest BCUT2D eigenvalue weighted by Gasteiger charge is 2.48. The van der Waals surface area contributed by atoms with Crippen LogP contribution >= 0.6 is 0 Å². The van der Waals surface area contributed by atoms with E-state index in [9.17, 15) is 10.0 Å². The maximum atomic E-state index is 12.3. The predicted octanol–water partition coefficient (Wildman–Crippen LogP) is 2.31. The molecule has 0 aromatic heterocycles. The van der Waals surface area contributed by atoms with Gasteiger partial charge in [0, 0.05) is 7.05 Å². The summed E-state index contributed by atoms with van der Waals surface area (Å²) in [5, 5.41) is 11.4. The van der Waals surface area contributed by atoms with E-state index in [4.69, 9.17) is 14.2 Å². The maximum Gasteiger partial charge on any atom is 0.416 e. The second-order valence-corrected chi connectivity index (χ2v) is 7.30. The molecule has 0 saturated carbocycles. The van der Waals surface area contributed by atoms with Crippen LogP contribution in [0.4, 0.5) is 4.79 Å². The fourth-order valence-corrected chi connectivity index (χ4v) is 2.68. The number of carbonyl (C=O) groups is 1. The Morgan fingerprint density at radius 2 is 1.95 bits per heavy atom. The SMILES string of the molecule is CN(C(=O)OC1=CC(C)(C)N(O)C1(C)C)C1COC(C)(C)O1. The lowest BCUT2D eigenvalue weighted by molar-refractivity contribution is -0.190. The fourth-order valence-electron chi connectivity index (χ4n) is 2.68. The maximum absolute atomic E-state index is 12.3. The minimum atomic E-state index is -0.785. The van der Waals surface area contributed by atoms with Crippen LogP contribution in [0.25, 0.3) is 0 Å². The molecule has 7 nitrogen and oxygen atoms in total. The summed E-state index contributed by atoms with van der Waals surface area (Å²) >= 11 is 0. The van der Waals surface area contributed by atoms with Gasteiger partial charge in [-0.25, -0.2) is 4.79 Å². The first-order valence-corrected chi connectivity index (χ1v) is 7.36. The zero-order chi connectivity index (χ0) is 16.9. The Morgan fingerprint density at radius 1 is 1.36 bits per heavy atom. The molecule has 1 fully saturated rings. The van der Waals surface area contributed by atoms with E-state index in [0.717, 1.165) is 0 Å². The molecule has 1 amide bonds. The lowest BCUT2D eigenvalue weighted by Gasteiger charge is -2.35. The summed E-state index contributed by atoms with van der Waals surface area (Å²) in [5.41, 5.74) is -1.39. The quantitative estimate of drug-likeness (QED) is 0.843. The number of ether oxygens (including phenoxy) is 3. The van der Waals surface area contributed by atoms with Gasteiger partial charge in [0.15, 0.2) is 12.0 Å². The largest absolute Gasteiger partial charge is 0.416 e. The molecular weight excluding hydrogens is 288 g/mol. The molecule has 1 atom stereocenters. The van der Waals surface area contributed by atoms with Gasteiger partial charge >= 0.3 is 6.09 Å². The number of hydrogen-bond donors (Lipinski definition) is 1. The third kappa shape index (κ3) is 2.99. The highest BCUT2D eigenvalue weighted by molar-refractivity contribution is 5.69. The molecule has 2 heterocycles. The number of hydroxylamine groups is 2. The van der Waals surface area contributed by atoms with Gasteiger partial charge in [0.05, 0.1) is 17.7 Å². The van der Waals surface area contributed by atoms with E-state index in [2.05, 4.69) is 0 Å². The predicted molar refractivity (Wildman–Crippen MR) is 79.0 cm³/mol. The van der Waals surface area contributed by atoms with E-state index in [0.29, 0.717) is 12.4 Å². The molecule has 2 rings (SSSR count). The van der Waals surface area contributed by atoms with Crippen LogP contribution in [0.1, 0.15) is 41.5 Å². The van der Waals surface area contributed by atoms with Crippen molar-refractivity contribution in [1.29, 1.82) is 0 Å². The number of nitrogens with zero attached hydrogens (tertiary/aromatic N) is 2. The Kier molecular flexibility index (Phi) is 4.06. The zero-order valence-electron chi connectivity index (χ0n) is 14.3. The van der Waals surface area contributed by atoms with Crippen molar-refractivity contribution in [2.75, 3.05) is 13.7 Å². The summed E-state index contributed by atoms with van der Waals surface area (Å²) in [6.45, 7) is 11.1. The van der Waals surface area contributed by atoms with Crippen molar-refractivity contribution in [3.05, 3.63) is 11.8 Å². The number of amides is 1. The van der Waals surface area contributed by atoms with E-state index in [1.54, 1.807) is 40.8 Å². The van der Waals surface area contributed by atoms with Crippen LogP contribution in [0.2, 0.25) is 0 Å². The number of hydrogen-bond acceptors (Lipinski definition) is 6. The van der Waals surface area contributed by atoms with Gasteiger partial charge < -0.3 is 19.4 Å². The van der Waals surface area contributed by atoms with Crippen molar-refractivity contribution in [2.24, 2.45) is 0 Å². The van der Waals surface area contributed by atoms with Crippen LogP contribution in [0.3, 0.4) is 0 Å². The highest BCUT2D eigenvalue weighted by atomic mass is 16.8. The standard InChI is InChI=1S/C15H26N2O5/c1-13(2)8-10(14(3,4)17(13)19)21-12(18)16(7)11-9-20-15(5,6)22-11/h8,11,19H,9H2,1-7H3. The first kappa shape index (κ1) is 17.2. The lowest BCUT2D eigenvalue weighted by Crippen LogP contribution is -2.48. The van der Waals surface area contributed by atoms with E-state index in [-0.39, 0.29) is 0 Å². The summed E-state index contributed by atoms with van der Waals surface area (Å²) < 4.78 is 16.6. The first-order chi connectivity index (χ1) is 9.87. The van der Waals surface area contributed by atoms with Crippen molar-refractivity contribution in [3.63, 3.8) is 0 Å². The second-order valence-electron chi connectivity index (χ2n) is 7.30. The molecule has 2 aliphatic heterocycles. The van der Waals surface area contributed by atoms with Gasteiger partial charge in [0.2, 0.25) is 0 Å². The minimum Gasteiger partial charge on any atom is -0.413 e. The third-order valence-corrected chi connectivity index (χ3v) is 4.07. The molecule has 22 heavy (non-hydrogen) atoms. The Labute approximate surface area is 131 Å². The summed E-state index contributed by atoms with van der Waals surface area (Å²) in [5.74, 6) is -0.301. The summed E-state index contributed by atoms with van der Waals surface area (Å²) in [6.07, 6.45) is 0.705. The molecule has 1 N–H and O–H groups in total. The molecule has 1 unspecified atom stereocenters. The van der Waals surface area contributed by atoms with Crippen LogP contribution in [-0.2, 0) is 14.2 Å². The summed E-state index contributed by atoms with van der Waals surface area (Å²) in [7, 11) is 1.60. The normalized spacial score (nSPS) is 29.3. The number of carbonyl (C=O) groups excluding carboxylic acids is 1. The highest BCUT2D eigenvalue weighted by Crippen LogP contribution is 2.39. The molecule has 0 bridgehead atoms. The van der Waals surface area contributed by atoms with Gasteiger partial charge in [-0.15, -0.1) is 0 Å². The topological polar surface area (TPSA) is 71.5 Å². The minimum absolute atomic E-state index is 0.290. The van der Waals surface area contributed by atoms with Crippen LogP contribution in [-0.4, -0.2) is 58.0 Å². The van der Waals surface area contributed by atoms with Crippen LogP contribution in [0.15, 0.2) is 11.8 Å². The van der Waals surface area contributed by atoms with Gasteiger partial charge in [-0.3, -0.25) is 4.90 Å². The third-order valence-electron chi connectivity index (χ3n) is 4.07. The smallest absolute Gasteiger partial charge is 0.413 e. The van der Waals surface area contributed by atoms with Crippen LogP contribution < -0.4 is 0 Å². The van der Waals surface area contributed by atoms with Crippen molar-refractivity contribution in [1.82, 2.24) is 9.96 Å². The molecule has 0 aromatic rings. The summed E-state index contributed by atoms with van der Waals surface area (Å²) in [4.78, 5) is 13.7. The van der Waals surface area contributed by atoms with E-state index in [1.165, 1.54) is 9.96 Å². The molecule has 0 radical (unpaired) electrons. The second kappa shape index (κ2) is 5.19. The molecule has 0 aromatic carbocycles. The van der Waals surface area contributed by atoms with Crippen LogP contribution in [0, 0.1) is 0 Å². The van der Waals surface area contributed by atoms with Gasteiger partial charge in [-0.1, -0.05) is 0 Å². The molecule has 2 aliphatic rings. The van der Waals surface area contributed by atoms with Gasteiger partial charge in [0.1, 0.15) is 5.76 Å². The monoisotopic (exact) mass is 314 g/mol. The van der Waals surface area contributed by atoms with Crippen molar-refractivity contribution < 1.29 is 24.2 Å². The number of rotatable bonds is 2. The van der Waals surface area contributed by atoms with Crippen molar-refractivity contribution in [2.45, 2.75) is 64.6 Å². The Hall–Kier alpha value is -1.15. The van der Waals surface area contributed by atoms with E-state index < -0.39 is 29.2 Å². The zero-order valence-corrected chi connectivity index (χ0v) is 14.3. The fraction of sp³-hybridized carbons (Fsp3) is 0.800. The van der Waals surface area contributed by atoms with Crippen LogP contribution in [0.5, 0.6) is 0 Å². The van der Waals surface area contributed by atoms with Crippen molar-refractivity contribution in [3.8, 4) is 0 Å². The lowest BCUT2D eigenvalue weighted by atomic mass is 10.1.